The van der Waals surface area contributed by atoms with Crippen LogP contribution >= 0.6 is 11.3 Å². The molecule has 1 aromatic carbocycles. The molecule has 126 valence electrons. The van der Waals surface area contributed by atoms with Gasteiger partial charge in [0.2, 0.25) is 5.91 Å². The van der Waals surface area contributed by atoms with Crippen molar-refractivity contribution in [2.24, 2.45) is 0 Å². The van der Waals surface area contributed by atoms with Crippen LogP contribution in [0.2, 0.25) is 0 Å². The van der Waals surface area contributed by atoms with E-state index >= 15 is 0 Å². The molecule has 4 rings (SSSR count). The Labute approximate surface area is 147 Å². The second-order valence-electron chi connectivity index (χ2n) is 6.88. The fourth-order valence-corrected chi connectivity index (χ4v) is 4.60. The first-order valence-corrected chi connectivity index (χ1v) is 9.43. The van der Waals surface area contributed by atoms with E-state index in [4.69, 9.17) is 0 Å². The van der Waals surface area contributed by atoms with Gasteiger partial charge in [-0.3, -0.25) is 9.69 Å². The summed E-state index contributed by atoms with van der Waals surface area (Å²) in [6.07, 6.45) is 2.13. The van der Waals surface area contributed by atoms with Crippen molar-refractivity contribution in [3.8, 4) is 0 Å². The highest BCUT2D eigenvalue weighted by Crippen LogP contribution is 2.39. The number of nitrogens with one attached hydrogen (secondary N) is 1. The third-order valence-electron chi connectivity index (χ3n) is 5.21. The molecule has 0 radical (unpaired) electrons. The largest absolute Gasteiger partial charge is 0.376 e. The van der Waals surface area contributed by atoms with E-state index in [0.717, 1.165) is 50.4 Å². The van der Waals surface area contributed by atoms with Gasteiger partial charge in [0.25, 0.3) is 0 Å². The van der Waals surface area contributed by atoms with Crippen LogP contribution in [0.25, 0.3) is 0 Å². The first-order valence-electron chi connectivity index (χ1n) is 8.55. The summed E-state index contributed by atoms with van der Waals surface area (Å²) in [7, 11) is 0. The molecule has 1 spiro atoms. The van der Waals surface area contributed by atoms with Crippen LogP contribution < -0.4 is 10.2 Å². The molecule has 2 aliphatic heterocycles. The Morgan fingerprint density at radius 3 is 2.71 bits per heavy atom. The predicted octanol–water partition coefficient (Wildman–Crippen LogP) is 3.56. The molecule has 1 fully saturated rings. The van der Waals surface area contributed by atoms with Crippen molar-refractivity contribution >= 4 is 28.6 Å². The van der Waals surface area contributed by atoms with Gasteiger partial charge in [0.1, 0.15) is 0 Å². The second kappa shape index (κ2) is 6.22. The van der Waals surface area contributed by atoms with Gasteiger partial charge in [-0.25, -0.2) is 0 Å². The van der Waals surface area contributed by atoms with Gasteiger partial charge in [-0.15, -0.1) is 11.3 Å². The van der Waals surface area contributed by atoms with E-state index in [-0.39, 0.29) is 11.4 Å². The summed E-state index contributed by atoms with van der Waals surface area (Å²) in [6.45, 7) is 5.62. The number of amides is 1. The molecular weight excluding hydrogens is 318 g/mol. The fourth-order valence-electron chi connectivity index (χ4n) is 3.85. The summed E-state index contributed by atoms with van der Waals surface area (Å²) in [5.41, 5.74) is 2.11. The van der Waals surface area contributed by atoms with Gasteiger partial charge in [-0.05, 0) is 36.4 Å². The molecule has 0 saturated carbocycles. The number of fused-ring (bicyclic) bond motifs is 1. The number of benzene rings is 1. The smallest absolute Gasteiger partial charge is 0.224 e. The Bertz CT molecular complexity index is 720. The molecule has 1 aromatic heterocycles. The van der Waals surface area contributed by atoms with Crippen molar-refractivity contribution in [2.45, 2.75) is 31.8 Å². The first-order chi connectivity index (χ1) is 11.7. The molecule has 0 unspecified atom stereocenters. The quantitative estimate of drug-likeness (QED) is 0.907. The van der Waals surface area contributed by atoms with Crippen molar-refractivity contribution in [3.05, 3.63) is 46.7 Å². The van der Waals surface area contributed by atoms with Gasteiger partial charge in [0.05, 0.1) is 16.9 Å². The number of para-hydroxylation sites is 2. The zero-order chi connectivity index (χ0) is 16.6. The zero-order valence-corrected chi connectivity index (χ0v) is 14.8. The molecule has 24 heavy (non-hydrogen) atoms. The first kappa shape index (κ1) is 15.7. The van der Waals surface area contributed by atoms with Gasteiger partial charge >= 0.3 is 0 Å². The van der Waals surface area contributed by atoms with Gasteiger partial charge in [0, 0.05) is 38.0 Å². The average molecular weight is 341 g/mol. The Morgan fingerprint density at radius 1 is 1.21 bits per heavy atom. The van der Waals surface area contributed by atoms with E-state index in [1.165, 1.54) is 4.88 Å². The van der Waals surface area contributed by atoms with Crippen molar-refractivity contribution in [2.75, 3.05) is 29.9 Å². The maximum absolute atomic E-state index is 12.2. The van der Waals surface area contributed by atoms with Crippen LogP contribution in [0.4, 0.5) is 11.4 Å². The lowest BCUT2D eigenvalue weighted by molar-refractivity contribution is -0.116. The number of nitrogens with zero attached hydrogens (tertiary/aromatic N) is 2. The number of hydrogen-bond acceptors (Lipinski definition) is 4. The standard InChI is InChI=1S/C19H23N3OS/c1-15(23)22-14-19(20-17-6-2-3-7-18(17)22)8-10-21(11-9-19)13-16-5-4-12-24-16/h2-7,12,20H,8-11,13-14H2,1H3. The van der Waals surface area contributed by atoms with Gasteiger partial charge in [-0.2, -0.15) is 0 Å². The highest BCUT2D eigenvalue weighted by molar-refractivity contribution is 7.09. The van der Waals surface area contributed by atoms with E-state index in [9.17, 15) is 4.79 Å². The minimum Gasteiger partial charge on any atom is -0.376 e. The molecule has 4 nitrogen and oxygen atoms in total. The second-order valence-corrected chi connectivity index (χ2v) is 7.92. The van der Waals surface area contributed by atoms with Crippen LogP contribution in [0.5, 0.6) is 0 Å². The van der Waals surface area contributed by atoms with Gasteiger partial charge in [-0.1, -0.05) is 18.2 Å². The molecule has 1 amide bonds. The van der Waals surface area contributed by atoms with Crippen LogP contribution in [0.3, 0.4) is 0 Å². The fraction of sp³-hybridized carbons (Fsp3) is 0.421. The normalized spacial score (nSPS) is 19.8. The average Bonchev–Trinajstić information content (AvgIpc) is 3.09. The summed E-state index contributed by atoms with van der Waals surface area (Å²) < 4.78 is 0. The summed E-state index contributed by atoms with van der Waals surface area (Å²) in [5, 5.41) is 5.90. The molecule has 2 aliphatic rings. The SMILES string of the molecule is CC(=O)N1CC2(CCN(Cc3cccs3)CC2)Nc2ccccc21. The van der Waals surface area contributed by atoms with E-state index in [0.29, 0.717) is 0 Å². The van der Waals surface area contributed by atoms with Crippen LogP contribution in [-0.2, 0) is 11.3 Å². The molecule has 1 saturated heterocycles. The Morgan fingerprint density at radius 2 is 2.00 bits per heavy atom. The Kier molecular flexibility index (Phi) is 4.06. The number of rotatable bonds is 2. The van der Waals surface area contributed by atoms with Gasteiger partial charge in [0.15, 0.2) is 0 Å². The number of thiophene rings is 1. The molecule has 0 aliphatic carbocycles. The zero-order valence-electron chi connectivity index (χ0n) is 14.0. The van der Waals surface area contributed by atoms with Crippen LogP contribution in [-0.4, -0.2) is 36.0 Å². The monoisotopic (exact) mass is 341 g/mol. The van der Waals surface area contributed by atoms with Crippen molar-refractivity contribution in [1.82, 2.24) is 4.90 Å². The third-order valence-corrected chi connectivity index (χ3v) is 6.07. The highest BCUT2D eigenvalue weighted by Gasteiger charge is 2.41. The number of anilines is 2. The maximum Gasteiger partial charge on any atom is 0.224 e. The van der Waals surface area contributed by atoms with Crippen molar-refractivity contribution in [3.63, 3.8) is 0 Å². The van der Waals surface area contributed by atoms with Crippen LogP contribution in [0, 0.1) is 0 Å². The number of hydrogen-bond donors (Lipinski definition) is 1. The molecule has 5 heteroatoms. The number of likely N-dealkylation sites (tertiary alicyclic amines) is 1. The molecule has 2 aromatic rings. The molecule has 3 heterocycles. The summed E-state index contributed by atoms with van der Waals surface area (Å²) in [6, 6.07) is 12.5. The van der Waals surface area contributed by atoms with E-state index in [1.807, 2.05) is 34.4 Å². The minimum atomic E-state index is 0.00593. The highest BCUT2D eigenvalue weighted by atomic mass is 32.1. The molecule has 1 N–H and O–H groups in total. The van der Waals surface area contributed by atoms with Crippen LogP contribution in [0.1, 0.15) is 24.6 Å². The van der Waals surface area contributed by atoms with Crippen molar-refractivity contribution < 1.29 is 4.79 Å². The Hall–Kier alpha value is -1.85. The number of carbonyl (C=O) groups excluding carboxylic acids is 1. The molecule has 0 bridgehead atoms. The van der Waals surface area contributed by atoms with Gasteiger partial charge < -0.3 is 10.2 Å². The lowest BCUT2D eigenvalue weighted by Gasteiger charge is -2.49. The topological polar surface area (TPSA) is 35.6 Å². The molecule has 0 atom stereocenters. The maximum atomic E-state index is 12.2. The molecular formula is C19H23N3OS. The summed E-state index contributed by atoms with van der Waals surface area (Å²) in [5.74, 6) is 0.129. The van der Waals surface area contributed by atoms with E-state index in [2.05, 4.69) is 33.8 Å². The predicted molar refractivity (Wildman–Crippen MR) is 99.7 cm³/mol. The van der Waals surface area contributed by atoms with Crippen molar-refractivity contribution in [1.29, 1.82) is 0 Å². The van der Waals surface area contributed by atoms with Crippen LogP contribution in [0.15, 0.2) is 41.8 Å². The van der Waals surface area contributed by atoms with E-state index < -0.39 is 0 Å². The number of carbonyl (C=O) groups is 1. The summed E-state index contributed by atoms with van der Waals surface area (Å²) in [4.78, 5) is 18.1. The minimum absolute atomic E-state index is 0.00593. The summed E-state index contributed by atoms with van der Waals surface area (Å²) >= 11 is 1.83. The van der Waals surface area contributed by atoms with E-state index in [1.54, 1.807) is 6.92 Å². The lowest BCUT2D eigenvalue weighted by atomic mass is 9.84. The lowest BCUT2D eigenvalue weighted by Crippen LogP contribution is -2.58. The number of piperidine rings is 1. The Balaban J connectivity index is 1.50. The third kappa shape index (κ3) is 2.94.